The maximum atomic E-state index is 14.5. The molecule has 1 aromatic rings. The minimum atomic E-state index is -1.49. The molecule has 10 heteroatoms. The second-order valence-corrected chi connectivity index (χ2v) is 12.9. The number of nitrogens with one attached hydrogen (secondary N) is 1. The van der Waals surface area contributed by atoms with E-state index in [1.54, 1.807) is 25.7 Å². The molecule has 2 N–H and O–H groups in total. The number of fused-ring (bicyclic) bond motifs is 2. The molecule has 6 nitrogen and oxygen atoms in total. The number of aliphatic carboxylic acids is 1. The van der Waals surface area contributed by atoms with Gasteiger partial charge in [0.25, 0.3) is 0 Å². The quantitative estimate of drug-likeness (QED) is 0.338. The normalized spacial score (nSPS) is 27.4. The van der Waals surface area contributed by atoms with Crippen molar-refractivity contribution in [2.24, 2.45) is 11.3 Å². The molecule has 1 amide bonds. The summed E-state index contributed by atoms with van der Waals surface area (Å²) in [7, 11) is 0. The fourth-order valence-electron chi connectivity index (χ4n) is 5.35. The smallest absolute Gasteiger partial charge is 0.319 e. The maximum absolute atomic E-state index is 14.5. The third-order valence-corrected chi connectivity index (χ3v) is 9.11. The lowest BCUT2D eigenvalue weighted by molar-refractivity contribution is -0.156. The van der Waals surface area contributed by atoms with Gasteiger partial charge in [0.1, 0.15) is 16.0 Å². The summed E-state index contributed by atoms with van der Waals surface area (Å²) in [5.74, 6) is -4.76. The first-order valence-electron chi connectivity index (χ1n) is 11.7. The fourth-order valence-corrected chi connectivity index (χ4v) is 6.25. The van der Waals surface area contributed by atoms with Crippen molar-refractivity contribution in [1.29, 1.82) is 0 Å². The number of amides is 1. The molecule has 3 unspecified atom stereocenters. The number of nitrogens with zero attached hydrogens (tertiary/aromatic N) is 1. The van der Waals surface area contributed by atoms with Crippen LogP contribution in [0, 0.1) is 28.8 Å². The number of hydrogen-bond acceptors (Lipinski definition) is 4. The summed E-state index contributed by atoms with van der Waals surface area (Å²) in [6, 6.07) is 0.588. The largest absolute Gasteiger partial charge is 0.598 e. The van der Waals surface area contributed by atoms with Crippen molar-refractivity contribution in [2.75, 3.05) is 0 Å². The first-order valence-corrected chi connectivity index (χ1v) is 12.9. The van der Waals surface area contributed by atoms with Crippen molar-refractivity contribution in [2.45, 2.75) is 88.6 Å². The van der Waals surface area contributed by atoms with Gasteiger partial charge in [0.2, 0.25) is 5.91 Å². The number of rotatable bonds is 7. The van der Waals surface area contributed by atoms with E-state index in [9.17, 15) is 32.4 Å². The molecular formula is C24H31F3N2O4S. The second kappa shape index (κ2) is 9.02. The zero-order chi connectivity index (χ0) is 25.0. The molecule has 34 heavy (non-hydrogen) atoms. The van der Waals surface area contributed by atoms with Crippen LogP contribution in [0.4, 0.5) is 13.2 Å². The van der Waals surface area contributed by atoms with E-state index in [0.29, 0.717) is 31.7 Å². The Balaban J connectivity index is 1.56. The molecule has 1 saturated carbocycles. The number of hydrogen-bond donors (Lipinski definition) is 2. The molecule has 3 aliphatic rings. The highest BCUT2D eigenvalue weighted by Gasteiger charge is 2.61. The molecule has 2 bridgehead atoms. The Bertz CT molecular complexity index is 968. The maximum Gasteiger partial charge on any atom is 0.319 e. The van der Waals surface area contributed by atoms with Crippen LogP contribution in [0.3, 0.4) is 0 Å². The van der Waals surface area contributed by atoms with Crippen LogP contribution in [0.15, 0.2) is 12.1 Å². The van der Waals surface area contributed by atoms with Crippen LogP contribution in [0.5, 0.6) is 0 Å². The molecule has 188 valence electrons. The lowest BCUT2D eigenvalue weighted by Crippen LogP contribution is -2.55. The summed E-state index contributed by atoms with van der Waals surface area (Å²) in [5.41, 5.74) is -1.30. The Kier molecular flexibility index (Phi) is 6.72. The number of carbonyl (C=O) groups is 2. The Morgan fingerprint density at radius 1 is 1.15 bits per heavy atom. The van der Waals surface area contributed by atoms with Gasteiger partial charge in [0, 0.05) is 29.5 Å². The van der Waals surface area contributed by atoms with Crippen molar-refractivity contribution >= 4 is 23.2 Å². The van der Waals surface area contributed by atoms with Gasteiger partial charge in [-0.05, 0) is 83.3 Å². The minimum Gasteiger partial charge on any atom is -0.598 e. The van der Waals surface area contributed by atoms with E-state index in [2.05, 4.69) is 4.72 Å². The molecule has 0 spiro atoms. The highest BCUT2D eigenvalue weighted by Crippen LogP contribution is 2.51. The summed E-state index contributed by atoms with van der Waals surface area (Å²) in [6.07, 6.45) is 3.30. The van der Waals surface area contributed by atoms with Gasteiger partial charge < -0.3 is 14.6 Å². The molecule has 2 aliphatic heterocycles. The molecule has 0 aromatic heterocycles. The molecule has 1 aromatic carbocycles. The molecule has 2 saturated heterocycles. The summed E-state index contributed by atoms with van der Waals surface area (Å²) in [6.45, 7) is 5.41. The molecule has 4 atom stereocenters. The van der Waals surface area contributed by atoms with Gasteiger partial charge in [0.05, 0.1) is 6.04 Å². The van der Waals surface area contributed by atoms with Crippen LogP contribution in [0.1, 0.15) is 64.9 Å². The monoisotopic (exact) mass is 500 g/mol. The van der Waals surface area contributed by atoms with Crippen LogP contribution in [-0.2, 0) is 27.4 Å². The number of piperidine rings is 1. The highest BCUT2D eigenvalue weighted by atomic mass is 32.2. The summed E-state index contributed by atoms with van der Waals surface area (Å²) in [5, 5.41) is 9.56. The van der Waals surface area contributed by atoms with E-state index in [1.807, 2.05) is 0 Å². The van der Waals surface area contributed by atoms with Crippen LogP contribution in [-0.4, -0.2) is 49.3 Å². The van der Waals surface area contributed by atoms with Gasteiger partial charge in [-0.25, -0.2) is 13.2 Å². The zero-order valence-electron chi connectivity index (χ0n) is 19.6. The molecule has 3 fully saturated rings. The van der Waals surface area contributed by atoms with E-state index in [-0.39, 0.29) is 35.9 Å². The predicted octanol–water partition coefficient (Wildman–Crippen LogP) is 3.70. The van der Waals surface area contributed by atoms with Crippen molar-refractivity contribution in [3.63, 3.8) is 0 Å². The average molecular weight is 501 g/mol. The van der Waals surface area contributed by atoms with E-state index in [0.717, 1.165) is 18.9 Å². The predicted molar refractivity (Wildman–Crippen MR) is 121 cm³/mol. The lowest BCUT2D eigenvalue weighted by Gasteiger charge is -2.43. The number of carbonyl (C=O) groups excluding carboxylic acids is 1. The molecule has 4 rings (SSSR count). The van der Waals surface area contributed by atoms with Gasteiger partial charge in [-0.2, -0.15) is 0 Å². The topological polar surface area (TPSA) is 92.7 Å². The van der Waals surface area contributed by atoms with E-state index >= 15 is 0 Å². The van der Waals surface area contributed by atoms with Crippen LogP contribution >= 0.6 is 0 Å². The van der Waals surface area contributed by atoms with Crippen molar-refractivity contribution in [3.8, 4) is 0 Å². The number of carboxylic acids is 1. The van der Waals surface area contributed by atoms with Gasteiger partial charge >= 0.3 is 5.97 Å². The number of carboxylic acid groups (broad SMARTS) is 1. The summed E-state index contributed by atoms with van der Waals surface area (Å²) >= 11 is -1.49. The fraction of sp³-hybridized carbons (Fsp3) is 0.667. The Labute approximate surface area is 200 Å². The van der Waals surface area contributed by atoms with Crippen LogP contribution < -0.4 is 4.72 Å². The second-order valence-electron chi connectivity index (χ2n) is 10.9. The first-order chi connectivity index (χ1) is 15.8. The number of halogens is 3. The van der Waals surface area contributed by atoms with E-state index in [1.165, 1.54) is 0 Å². The van der Waals surface area contributed by atoms with E-state index < -0.39 is 51.0 Å². The third kappa shape index (κ3) is 4.68. The molecule has 0 radical (unpaired) electrons. The van der Waals surface area contributed by atoms with Gasteiger partial charge in [0.15, 0.2) is 11.6 Å². The average Bonchev–Trinajstić information content (AvgIpc) is 3.51. The first kappa shape index (κ1) is 25.3. The minimum absolute atomic E-state index is 0.00373. The molecular weight excluding hydrogens is 469 g/mol. The van der Waals surface area contributed by atoms with E-state index in [4.69, 9.17) is 0 Å². The molecule has 1 aliphatic carbocycles. The summed E-state index contributed by atoms with van der Waals surface area (Å²) in [4.78, 5) is 26.6. The van der Waals surface area contributed by atoms with Crippen molar-refractivity contribution in [3.05, 3.63) is 35.1 Å². The lowest BCUT2D eigenvalue weighted by atomic mass is 9.82. The van der Waals surface area contributed by atoms with Crippen molar-refractivity contribution in [1.82, 2.24) is 9.62 Å². The van der Waals surface area contributed by atoms with Gasteiger partial charge in [-0.1, -0.05) is 0 Å². The SMILES string of the molecule is CC(C)(C)[S+]([O-])N[C@H](Cc1cc(F)c(F)cc1F)C1CC2CCC(C1)N2C(=O)C1(C(=O)O)CC1. The van der Waals surface area contributed by atoms with Gasteiger partial charge in [-0.3, -0.25) is 9.59 Å². The zero-order valence-corrected chi connectivity index (χ0v) is 20.4. The Hall–Kier alpha value is -1.78. The Morgan fingerprint density at radius 3 is 2.21 bits per heavy atom. The summed E-state index contributed by atoms with van der Waals surface area (Å²) < 4.78 is 57.2. The van der Waals surface area contributed by atoms with Crippen LogP contribution in [0.25, 0.3) is 0 Å². The van der Waals surface area contributed by atoms with Crippen LogP contribution in [0.2, 0.25) is 0 Å². The third-order valence-electron chi connectivity index (χ3n) is 7.49. The number of benzene rings is 1. The van der Waals surface area contributed by atoms with Crippen molar-refractivity contribution < 1.29 is 32.4 Å². The molecule has 2 heterocycles. The van der Waals surface area contributed by atoms with Gasteiger partial charge in [-0.15, -0.1) is 4.72 Å². The Morgan fingerprint density at radius 2 is 1.71 bits per heavy atom. The standard InChI is InChI=1S/C24H31F3N2O4S/c1-23(2,3)34(33)28-20(11-13-10-18(26)19(27)12-17(13)25)14-8-15-4-5-16(9-14)29(15)21(30)24(6-7-24)22(31)32/h10,12,14-16,20,28H,4-9,11H2,1-3H3,(H,31,32)/t14?,15?,16?,20-,34?/m1/s1. The highest BCUT2D eigenvalue weighted by molar-refractivity contribution is 7.90.